The number of rotatable bonds is 5. The van der Waals surface area contributed by atoms with Gasteiger partial charge >= 0.3 is 11.4 Å². The van der Waals surface area contributed by atoms with Gasteiger partial charge in [0.25, 0.3) is 0 Å². The number of benzene rings is 2. The van der Waals surface area contributed by atoms with Crippen LogP contribution in [-0.4, -0.2) is 83.8 Å². The summed E-state index contributed by atoms with van der Waals surface area (Å²) >= 11 is 0. The minimum absolute atomic E-state index is 0.0226. The number of ether oxygens (including phenoxy) is 2. The number of aliphatic hydroxyl groups is 4. The first-order valence-electron chi connectivity index (χ1n) is 10.9. The van der Waals surface area contributed by atoms with E-state index in [2.05, 4.69) is 0 Å². The number of carboxylic acids is 1. The van der Waals surface area contributed by atoms with Crippen LogP contribution in [0.15, 0.2) is 45.2 Å². The lowest BCUT2D eigenvalue weighted by Crippen LogP contribution is -2.60. The predicted molar refractivity (Wildman–Crippen MR) is 121 cm³/mol. The molecule has 5 atom stereocenters. The smallest absolute Gasteiger partial charge is 0.371 e. The molecule has 13 heteroatoms. The highest BCUT2D eigenvalue weighted by atomic mass is 16.7. The van der Waals surface area contributed by atoms with Gasteiger partial charge in [0.2, 0.25) is 12.1 Å². The number of aromatic hydroxyl groups is 2. The maximum atomic E-state index is 11.8. The molecule has 37 heavy (non-hydrogen) atoms. The zero-order valence-corrected chi connectivity index (χ0v) is 18.7. The van der Waals surface area contributed by atoms with Crippen molar-refractivity contribution in [1.82, 2.24) is 0 Å². The van der Waals surface area contributed by atoms with Crippen molar-refractivity contribution in [3.8, 4) is 28.6 Å². The van der Waals surface area contributed by atoms with E-state index >= 15 is 0 Å². The summed E-state index contributed by atoms with van der Waals surface area (Å²) in [6.07, 6.45) is -8.24. The van der Waals surface area contributed by atoms with Crippen LogP contribution in [0.2, 0.25) is 0 Å². The van der Waals surface area contributed by atoms with Gasteiger partial charge in [0.05, 0.1) is 24.1 Å². The summed E-state index contributed by atoms with van der Waals surface area (Å²) in [6.45, 7) is -0.723. The Morgan fingerprint density at radius 3 is 2.30 bits per heavy atom. The summed E-state index contributed by atoms with van der Waals surface area (Å²) in [4.78, 5) is 21.9. The minimum atomic E-state index is -1.82. The third kappa shape index (κ3) is 4.14. The molecule has 8 N–H and O–H groups in total. The first-order valence-corrected chi connectivity index (χ1v) is 10.9. The molecular weight excluding hydrogens is 496 g/mol. The van der Waals surface area contributed by atoms with Crippen molar-refractivity contribution < 1.29 is 63.6 Å². The second kappa shape index (κ2) is 9.06. The molecule has 1 aliphatic heterocycles. The quantitative estimate of drug-likeness (QED) is 0.139. The number of aromatic carboxylic acids is 1. The van der Waals surface area contributed by atoms with Crippen LogP contribution < -0.4 is 10.2 Å². The van der Waals surface area contributed by atoms with Crippen LogP contribution in [-0.2, 0) is 4.74 Å². The van der Waals surface area contributed by atoms with E-state index in [1.165, 1.54) is 12.1 Å². The van der Waals surface area contributed by atoms with Crippen molar-refractivity contribution in [3.05, 3.63) is 47.6 Å². The van der Waals surface area contributed by atoms with Gasteiger partial charge in [-0.25, -0.2) is 4.79 Å². The average molecular weight is 517 g/mol. The number of carboxylic acid groups (broad SMARTS) is 1. The molecule has 1 aliphatic rings. The standard InChI is InChI=1S/C24H20O13/c25-7-16-18(29)19(30)20(31)24(36-16)37-22-10-6-15(23(32)33)34-13-4-9(26)5-14(17(10)13)35-21(22)8-1-2-11(27)12(28)3-8/h1-6,16,18-20,24-25,27-31H,7H2,(H,32,33)/p+1. The van der Waals surface area contributed by atoms with E-state index in [1.54, 1.807) is 0 Å². The number of aliphatic hydroxyl groups excluding tert-OH is 4. The first-order chi connectivity index (χ1) is 17.6. The fraction of sp³-hybridized carbons (Fsp3) is 0.250. The molecule has 0 radical (unpaired) electrons. The number of hydrogen-bond acceptors (Lipinski definition) is 11. The SMILES string of the molecule is O=C(O)c1cc2c(OC3OC(CO)C(O)C(O)C3O)c(-c3ccc(O)c(O)c3)oc3cc(=[OH+])cc(o1)c32. The number of carbonyl (C=O) groups is 1. The highest BCUT2D eigenvalue weighted by molar-refractivity contribution is 6.11. The van der Waals surface area contributed by atoms with E-state index in [-0.39, 0.29) is 44.4 Å². The Kier molecular flexibility index (Phi) is 6.01. The van der Waals surface area contributed by atoms with E-state index < -0.39 is 60.5 Å². The highest BCUT2D eigenvalue weighted by Crippen LogP contribution is 2.44. The predicted octanol–water partition coefficient (Wildman–Crippen LogP) is 0.139. The van der Waals surface area contributed by atoms with Gasteiger partial charge in [0.1, 0.15) is 35.6 Å². The lowest BCUT2D eigenvalue weighted by Gasteiger charge is -2.39. The van der Waals surface area contributed by atoms with Crippen LogP contribution in [0.1, 0.15) is 10.6 Å². The van der Waals surface area contributed by atoms with Gasteiger partial charge in [-0.3, -0.25) is 4.79 Å². The van der Waals surface area contributed by atoms with Crippen molar-refractivity contribution in [1.29, 1.82) is 0 Å². The molecule has 0 amide bonds. The van der Waals surface area contributed by atoms with Gasteiger partial charge in [-0.15, -0.1) is 0 Å². The van der Waals surface area contributed by atoms with Crippen LogP contribution >= 0.6 is 0 Å². The molecule has 2 aromatic heterocycles. The van der Waals surface area contributed by atoms with Crippen LogP contribution in [0, 0.1) is 0 Å². The highest BCUT2D eigenvalue weighted by Gasteiger charge is 2.45. The van der Waals surface area contributed by atoms with Crippen LogP contribution in [0.5, 0.6) is 17.2 Å². The molecule has 2 aromatic carbocycles. The van der Waals surface area contributed by atoms with Gasteiger partial charge in [0, 0.05) is 17.0 Å². The second-order valence-corrected chi connectivity index (χ2v) is 8.43. The number of hydrogen-bond donors (Lipinski definition) is 7. The molecule has 0 saturated carbocycles. The van der Waals surface area contributed by atoms with Crippen molar-refractivity contribution in [2.75, 3.05) is 6.61 Å². The summed E-state index contributed by atoms with van der Waals surface area (Å²) in [5, 5.41) is 70.0. The molecule has 5 rings (SSSR count). The third-order valence-corrected chi connectivity index (χ3v) is 6.01. The molecular formula is C24H21O13+. The Bertz CT molecular complexity index is 1570. The van der Waals surface area contributed by atoms with E-state index in [0.29, 0.717) is 0 Å². The molecule has 13 nitrogen and oxygen atoms in total. The zero-order chi connectivity index (χ0) is 26.6. The van der Waals surface area contributed by atoms with E-state index in [9.17, 15) is 45.3 Å². The lowest BCUT2D eigenvalue weighted by atomic mass is 9.99. The van der Waals surface area contributed by atoms with Crippen molar-refractivity contribution in [2.45, 2.75) is 30.7 Å². The average Bonchev–Trinajstić information content (AvgIpc) is 2.86. The van der Waals surface area contributed by atoms with E-state index in [4.69, 9.17) is 18.3 Å². The summed E-state index contributed by atoms with van der Waals surface area (Å²) < 4.78 is 22.7. The zero-order valence-electron chi connectivity index (χ0n) is 18.7. The van der Waals surface area contributed by atoms with E-state index in [1.807, 2.05) is 0 Å². The summed E-state index contributed by atoms with van der Waals surface area (Å²) in [6, 6.07) is 7.11. The Labute approximate surface area is 205 Å². The first kappa shape index (κ1) is 24.5. The van der Waals surface area contributed by atoms with Crippen LogP contribution in [0.25, 0.3) is 33.3 Å². The van der Waals surface area contributed by atoms with Crippen molar-refractivity contribution in [2.24, 2.45) is 0 Å². The monoisotopic (exact) mass is 517 g/mol. The molecule has 194 valence electrons. The molecule has 0 bridgehead atoms. The maximum absolute atomic E-state index is 11.8. The molecule has 0 spiro atoms. The van der Waals surface area contributed by atoms with Gasteiger partial charge in [-0.2, -0.15) is 0 Å². The Balaban J connectivity index is 1.81. The molecule has 5 unspecified atom stereocenters. The summed E-state index contributed by atoms with van der Waals surface area (Å²) in [7, 11) is 0. The largest absolute Gasteiger partial charge is 0.504 e. The second-order valence-electron chi connectivity index (χ2n) is 8.43. The minimum Gasteiger partial charge on any atom is -0.504 e. The molecule has 3 heterocycles. The molecule has 0 aliphatic carbocycles. The summed E-state index contributed by atoms with van der Waals surface area (Å²) in [5.74, 6) is -3.37. The maximum Gasteiger partial charge on any atom is 0.371 e. The lowest BCUT2D eigenvalue weighted by molar-refractivity contribution is -0.277. The normalized spacial score (nSPS) is 23.9. The molecule has 4 aromatic rings. The Morgan fingerprint density at radius 1 is 0.946 bits per heavy atom. The number of phenols is 2. The van der Waals surface area contributed by atoms with Gasteiger partial charge in [-0.05, 0) is 18.2 Å². The van der Waals surface area contributed by atoms with Crippen molar-refractivity contribution >= 4 is 27.9 Å². The van der Waals surface area contributed by atoms with Crippen molar-refractivity contribution in [3.63, 3.8) is 0 Å². The summed E-state index contributed by atoms with van der Waals surface area (Å²) in [5.41, 5.74) is -0.262. The molecule has 1 fully saturated rings. The molecule has 1 saturated heterocycles. The van der Waals surface area contributed by atoms with Crippen LogP contribution in [0.4, 0.5) is 0 Å². The number of phenolic OH excluding ortho intramolecular Hbond substituents is 2. The fourth-order valence-corrected chi connectivity index (χ4v) is 4.17. The van der Waals surface area contributed by atoms with Gasteiger partial charge < -0.3 is 54.1 Å². The fourth-order valence-electron chi connectivity index (χ4n) is 4.17. The van der Waals surface area contributed by atoms with Crippen LogP contribution in [0.3, 0.4) is 0 Å². The third-order valence-electron chi connectivity index (χ3n) is 6.01. The van der Waals surface area contributed by atoms with Gasteiger partial charge in [0.15, 0.2) is 23.0 Å². The van der Waals surface area contributed by atoms with Gasteiger partial charge in [-0.1, -0.05) is 0 Å². The Hall–Kier alpha value is -4.14. The topological polar surface area (TPSA) is 225 Å². The Morgan fingerprint density at radius 2 is 1.65 bits per heavy atom. The van der Waals surface area contributed by atoms with E-state index in [0.717, 1.165) is 24.3 Å².